The van der Waals surface area contributed by atoms with Crippen LogP contribution in [0.5, 0.6) is 0 Å². The van der Waals surface area contributed by atoms with Crippen LogP contribution in [-0.4, -0.2) is 46.4 Å². The quantitative estimate of drug-likeness (QED) is 0.259. The first kappa shape index (κ1) is 26.1. The van der Waals surface area contributed by atoms with Crippen molar-refractivity contribution in [1.29, 1.82) is 0 Å². The summed E-state index contributed by atoms with van der Waals surface area (Å²) in [6.07, 6.45) is 15.6. The summed E-state index contributed by atoms with van der Waals surface area (Å²) in [5.74, 6) is 1.05. The average Bonchev–Trinajstić information content (AvgIpc) is 3.17. The molecule has 0 radical (unpaired) electrons. The Hall–Kier alpha value is -1.50. The van der Waals surface area contributed by atoms with E-state index in [0.29, 0.717) is 6.04 Å². The molecule has 1 saturated heterocycles. The van der Waals surface area contributed by atoms with Crippen LogP contribution in [0.25, 0.3) is 10.2 Å². The van der Waals surface area contributed by atoms with Crippen LogP contribution in [0.15, 0.2) is 19.0 Å². The Morgan fingerprint density at radius 1 is 1.18 bits per heavy atom. The molecule has 5 nitrogen and oxygen atoms in total. The highest BCUT2D eigenvalue weighted by molar-refractivity contribution is 7.19. The first-order valence-electron chi connectivity index (χ1n) is 13.2. The van der Waals surface area contributed by atoms with Crippen molar-refractivity contribution in [1.82, 2.24) is 15.3 Å². The molecule has 2 aromatic rings. The summed E-state index contributed by atoms with van der Waals surface area (Å²) in [7, 11) is 0. The van der Waals surface area contributed by atoms with Crippen molar-refractivity contribution in [3.05, 3.63) is 29.4 Å². The second-order valence-electron chi connectivity index (χ2n) is 9.52. The lowest BCUT2D eigenvalue weighted by atomic mass is 9.95. The minimum atomic E-state index is -0.406. The van der Waals surface area contributed by atoms with Crippen LogP contribution in [-0.2, 0) is 12.8 Å². The molecule has 0 amide bonds. The molecule has 2 N–H and O–H groups in total. The SMILES string of the molecule is C=CCc1sc2ncnc(N(C3CCNCC3)C(CCCCC)C(C)O)c2c1CCCCC. The third-order valence-electron chi connectivity index (χ3n) is 6.98. The Balaban J connectivity index is 2.11. The zero-order chi connectivity index (χ0) is 23.6. The maximum Gasteiger partial charge on any atom is 0.141 e. The molecule has 2 aromatic heterocycles. The Morgan fingerprint density at radius 2 is 1.91 bits per heavy atom. The van der Waals surface area contributed by atoms with E-state index in [4.69, 9.17) is 9.97 Å². The fourth-order valence-electron chi connectivity index (χ4n) is 5.23. The van der Waals surface area contributed by atoms with Gasteiger partial charge >= 0.3 is 0 Å². The van der Waals surface area contributed by atoms with Crippen LogP contribution in [0.2, 0.25) is 0 Å². The fourth-order valence-corrected chi connectivity index (χ4v) is 6.41. The van der Waals surface area contributed by atoms with Crippen LogP contribution in [0, 0.1) is 0 Å². The summed E-state index contributed by atoms with van der Waals surface area (Å²) >= 11 is 1.80. The molecular weight excluding hydrogens is 428 g/mol. The number of nitrogens with one attached hydrogen (secondary N) is 1. The molecule has 6 heteroatoms. The number of unbranched alkanes of at least 4 members (excludes halogenated alkanes) is 4. The van der Waals surface area contributed by atoms with Crippen LogP contribution < -0.4 is 10.2 Å². The lowest BCUT2D eigenvalue weighted by Gasteiger charge is -2.43. The van der Waals surface area contributed by atoms with E-state index in [1.807, 2.05) is 13.0 Å². The molecular formula is C27H44N4OS. The van der Waals surface area contributed by atoms with Gasteiger partial charge in [-0.25, -0.2) is 9.97 Å². The van der Waals surface area contributed by atoms with E-state index in [1.54, 1.807) is 17.7 Å². The van der Waals surface area contributed by atoms with Crippen molar-refractivity contribution in [2.45, 2.75) is 110 Å². The van der Waals surface area contributed by atoms with Gasteiger partial charge in [0.1, 0.15) is 17.0 Å². The van der Waals surface area contributed by atoms with Crippen LogP contribution in [0.1, 0.15) is 89.0 Å². The number of nitrogens with zero attached hydrogens (tertiary/aromatic N) is 3. The number of hydrogen-bond donors (Lipinski definition) is 2. The molecule has 1 aliphatic heterocycles. The Kier molecular flexibility index (Phi) is 10.6. The van der Waals surface area contributed by atoms with E-state index < -0.39 is 6.10 Å². The maximum atomic E-state index is 11.0. The molecule has 1 aliphatic rings. The van der Waals surface area contributed by atoms with E-state index in [-0.39, 0.29) is 6.04 Å². The molecule has 0 aromatic carbocycles. The predicted octanol–water partition coefficient (Wildman–Crippen LogP) is 6.04. The number of aliphatic hydroxyl groups is 1. The van der Waals surface area contributed by atoms with Gasteiger partial charge in [-0.15, -0.1) is 17.9 Å². The fraction of sp³-hybridized carbons (Fsp3) is 0.704. The average molecular weight is 473 g/mol. The third kappa shape index (κ3) is 6.55. The number of hydrogen-bond acceptors (Lipinski definition) is 6. The molecule has 2 atom stereocenters. The number of thiophene rings is 1. The zero-order valence-corrected chi connectivity index (χ0v) is 21.8. The molecule has 0 saturated carbocycles. The standard InChI is InChI=1S/C27H44N4OS/c1-5-8-10-13-22-24(12-7-3)33-27-25(22)26(29-19-30-27)31(21-15-17-28-18-16-21)23(20(4)32)14-11-9-6-2/h7,19-21,23,28,32H,3,5-6,8-18H2,1-2,4H3. The molecule has 1 fully saturated rings. The van der Waals surface area contributed by atoms with Gasteiger partial charge in [0.05, 0.1) is 17.5 Å². The summed E-state index contributed by atoms with van der Waals surface area (Å²) < 4.78 is 0. The van der Waals surface area contributed by atoms with Crippen LogP contribution >= 0.6 is 11.3 Å². The van der Waals surface area contributed by atoms with E-state index in [9.17, 15) is 5.11 Å². The van der Waals surface area contributed by atoms with Crippen molar-refractivity contribution < 1.29 is 5.11 Å². The Morgan fingerprint density at radius 3 is 2.58 bits per heavy atom. The van der Waals surface area contributed by atoms with Crippen molar-refractivity contribution in [2.75, 3.05) is 18.0 Å². The van der Waals surface area contributed by atoms with Crippen molar-refractivity contribution in [3.8, 4) is 0 Å². The summed E-state index contributed by atoms with van der Waals surface area (Å²) in [6.45, 7) is 12.5. The van der Waals surface area contributed by atoms with Gasteiger partial charge in [-0.1, -0.05) is 52.0 Å². The van der Waals surface area contributed by atoms with Gasteiger partial charge in [-0.05, 0) is 64.1 Å². The molecule has 2 unspecified atom stereocenters. The first-order valence-corrected chi connectivity index (χ1v) is 14.0. The minimum absolute atomic E-state index is 0.0731. The smallest absolute Gasteiger partial charge is 0.141 e. The number of aliphatic hydroxyl groups excluding tert-OH is 1. The van der Waals surface area contributed by atoms with Crippen molar-refractivity contribution >= 4 is 27.4 Å². The summed E-state index contributed by atoms with van der Waals surface area (Å²) in [4.78, 5) is 14.6. The van der Waals surface area contributed by atoms with Gasteiger partial charge in [0, 0.05) is 10.9 Å². The van der Waals surface area contributed by atoms with Crippen molar-refractivity contribution in [2.24, 2.45) is 0 Å². The number of allylic oxidation sites excluding steroid dienone is 1. The topological polar surface area (TPSA) is 61.3 Å². The second-order valence-corrected chi connectivity index (χ2v) is 10.6. The number of aryl methyl sites for hydroxylation is 1. The molecule has 3 heterocycles. The van der Waals surface area contributed by atoms with Crippen LogP contribution in [0.3, 0.4) is 0 Å². The normalized spacial score (nSPS) is 16.7. The molecule has 3 rings (SSSR count). The molecule has 33 heavy (non-hydrogen) atoms. The highest BCUT2D eigenvalue weighted by Crippen LogP contribution is 2.39. The Bertz CT molecular complexity index is 859. The van der Waals surface area contributed by atoms with Gasteiger partial charge in [0.15, 0.2) is 0 Å². The molecule has 184 valence electrons. The Labute approximate surface area is 204 Å². The molecule has 0 aliphatic carbocycles. The number of fused-ring (bicyclic) bond motifs is 1. The number of aromatic nitrogens is 2. The summed E-state index contributed by atoms with van der Waals surface area (Å²) in [6, 6.07) is 0.459. The molecule has 0 bridgehead atoms. The van der Waals surface area contributed by atoms with Gasteiger partial charge < -0.3 is 15.3 Å². The lowest BCUT2D eigenvalue weighted by Crippen LogP contribution is -2.52. The number of anilines is 1. The third-order valence-corrected chi connectivity index (χ3v) is 8.14. The van der Waals surface area contributed by atoms with E-state index in [1.165, 1.54) is 47.9 Å². The largest absolute Gasteiger partial charge is 0.391 e. The monoisotopic (exact) mass is 472 g/mol. The van der Waals surface area contributed by atoms with Crippen LogP contribution in [0.4, 0.5) is 5.82 Å². The summed E-state index contributed by atoms with van der Waals surface area (Å²) in [5, 5.41) is 15.7. The van der Waals surface area contributed by atoms with Gasteiger partial charge in [-0.3, -0.25) is 0 Å². The van der Waals surface area contributed by atoms with E-state index in [2.05, 4.69) is 30.6 Å². The zero-order valence-electron chi connectivity index (χ0n) is 21.0. The van der Waals surface area contributed by atoms with E-state index in [0.717, 1.165) is 62.3 Å². The molecule has 0 spiro atoms. The second kappa shape index (κ2) is 13.4. The van der Waals surface area contributed by atoms with E-state index >= 15 is 0 Å². The highest BCUT2D eigenvalue weighted by Gasteiger charge is 2.33. The minimum Gasteiger partial charge on any atom is -0.391 e. The summed E-state index contributed by atoms with van der Waals surface area (Å²) in [5.41, 5.74) is 1.41. The maximum absolute atomic E-state index is 11.0. The highest BCUT2D eigenvalue weighted by atomic mass is 32.1. The number of rotatable bonds is 14. The van der Waals surface area contributed by atoms with Gasteiger partial charge in [0.25, 0.3) is 0 Å². The van der Waals surface area contributed by atoms with Gasteiger partial charge in [-0.2, -0.15) is 0 Å². The first-order chi connectivity index (χ1) is 16.1. The van der Waals surface area contributed by atoms with Gasteiger partial charge in [0.2, 0.25) is 0 Å². The predicted molar refractivity (Wildman–Crippen MR) is 143 cm³/mol. The number of piperidine rings is 1. The van der Waals surface area contributed by atoms with Crippen molar-refractivity contribution in [3.63, 3.8) is 0 Å². The lowest BCUT2D eigenvalue weighted by molar-refractivity contribution is 0.144.